The molecule has 3 heterocycles. The quantitative estimate of drug-likeness (QED) is 0.633. The van der Waals surface area contributed by atoms with Crippen LogP contribution in [0.5, 0.6) is 5.75 Å². The highest BCUT2D eigenvalue weighted by Gasteiger charge is 2.26. The molecule has 0 unspecified atom stereocenters. The molecule has 142 valence electrons. The molecule has 0 bridgehead atoms. The lowest BCUT2D eigenvalue weighted by atomic mass is 9.98. The van der Waals surface area contributed by atoms with E-state index < -0.39 is 0 Å². The summed E-state index contributed by atoms with van der Waals surface area (Å²) < 4.78 is 5.25. The zero-order valence-corrected chi connectivity index (χ0v) is 16.4. The lowest BCUT2D eigenvalue weighted by Gasteiger charge is -2.29. The van der Waals surface area contributed by atoms with Crippen molar-refractivity contribution >= 4 is 17.5 Å². The number of pyridine rings is 1. The van der Waals surface area contributed by atoms with Crippen molar-refractivity contribution in [3.8, 4) is 17.0 Å². The number of methoxy groups -OCH3 is 1. The van der Waals surface area contributed by atoms with E-state index in [2.05, 4.69) is 15.0 Å². The van der Waals surface area contributed by atoms with Crippen molar-refractivity contribution in [2.75, 3.05) is 13.7 Å². The first-order valence-electron chi connectivity index (χ1n) is 8.97. The molecule has 6 nitrogen and oxygen atoms in total. The molecule has 1 aliphatic rings. The summed E-state index contributed by atoms with van der Waals surface area (Å²) in [4.78, 5) is 28.0. The average molecular weight is 395 g/mol. The molecular weight excluding hydrogens is 376 g/mol. The second-order valence-corrected chi connectivity index (χ2v) is 7.01. The van der Waals surface area contributed by atoms with Gasteiger partial charge in [0.1, 0.15) is 16.7 Å². The zero-order chi connectivity index (χ0) is 19.7. The van der Waals surface area contributed by atoms with Crippen molar-refractivity contribution < 1.29 is 9.53 Å². The number of aromatic nitrogens is 3. The molecule has 7 heteroatoms. The van der Waals surface area contributed by atoms with Gasteiger partial charge in [-0.15, -0.1) is 0 Å². The smallest absolute Gasteiger partial charge is 0.255 e. The van der Waals surface area contributed by atoms with Crippen LogP contribution in [-0.2, 0) is 13.0 Å². The maximum Gasteiger partial charge on any atom is 0.255 e. The standard InChI is InChI=1S/C21H19ClN4O2/c1-13-24-18-9-10-26(21(27)15-5-8-19(22)23-11-15)12-17(18)20(25-13)14-3-6-16(28-2)7-4-14/h3-8,11H,9-10,12H2,1-2H3. The molecule has 28 heavy (non-hydrogen) atoms. The predicted octanol–water partition coefficient (Wildman–Crippen LogP) is 3.71. The first-order valence-corrected chi connectivity index (χ1v) is 9.34. The Morgan fingerprint density at radius 3 is 2.61 bits per heavy atom. The number of aryl methyl sites for hydroxylation is 1. The first kappa shape index (κ1) is 18.4. The van der Waals surface area contributed by atoms with E-state index in [1.165, 1.54) is 6.20 Å². The van der Waals surface area contributed by atoms with Crippen molar-refractivity contribution in [3.05, 3.63) is 70.4 Å². The van der Waals surface area contributed by atoms with Gasteiger partial charge in [0.2, 0.25) is 0 Å². The van der Waals surface area contributed by atoms with Crippen LogP contribution in [0.1, 0.15) is 27.4 Å². The molecule has 1 amide bonds. The molecule has 1 aromatic carbocycles. The van der Waals surface area contributed by atoms with E-state index in [0.717, 1.165) is 34.1 Å². The number of hydrogen-bond donors (Lipinski definition) is 0. The number of ether oxygens (including phenoxy) is 1. The highest BCUT2D eigenvalue weighted by atomic mass is 35.5. The Kier molecular flexibility index (Phi) is 4.96. The van der Waals surface area contributed by atoms with E-state index in [0.29, 0.717) is 30.2 Å². The Balaban J connectivity index is 1.68. The summed E-state index contributed by atoms with van der Waals surface area (Å²) in [6, 6.07) is 11.1. The normalized spacial score (nSPS) is 13.2. The molecule has 0 radical (unpaired) electrons. The van der Waals surface area contributed by atoms with E-state index in [1.807, 2.05) is 31.2 Å². The van der Waals surface area contributed by atoms with E-state index in [9.17, 15) is 4.79 Å². The van der Waals surface area contributed by atoms with Gasteiger partial charge in [-0.2, -0.15) is 0 Å². The van der Waals surface area contributed by atoms with Gasteiger partial charge in [-0.25, -0.2) is 15.0 Å². The fourth-order valence-corrected chi connectivity index (χ4v) is 3.50. The topological polar surface area (TPSA) is 68.2 Å². The Hall–Kier alpha value is -2.99. The lowest BCUT2D eigenvalue weighted by molar-refractivity contribution is 0.0733. The van der Waals surface area contributed by atoms with Crippen LogP contribution < -0.4 is 4.74 Å². The fraction of sp³-hybridized carbons (Fsp3) is 0.238. The fourth-order valence-electron chi connectivity index (χ4n) is 3.38. The number of carbonyl (C=O) groups excluding carboxylic acids is 1. The number of benzene rings is 1. The highest BCUT2D eigenvalue weighted by Crippen LogP contribution is 2.30. The van der Waals surface area contributed by atoms with Crippen molar-refractivity contribution in [2.24, 2.45) is 0 Å². The Morgan fingerprint density at radius 1 is 1.14 bits per heavy atom. The van der Waals surface area contributed by atoms with Gasteiger partial charge in [0.25, 0.3) is 5.91 Å². The maximum atomic E-state index is 12.9. The molecular formula is C21H19ClN4O2. The summed E-state index contributed by atoms with van der Waals surface area (Å²) in [5.74, 6) is 1.44. The van der Waals surface area contributed by atoms with Gasteiger partial charge in [0.05, 0.1) is 24.1 Å². The first-order chi connectivity index (χ1) is 13.5. The maximum absolute atomic E-state index is 12.9. The van der Waals surface area contributed by atoms with Crippen molar-refractivity contribution in [1.82, 2.24) is 19.9 Å². The summed E-state index contributed by atoms with van der Waals surface area (Å²) in [6.07, 6.45) is 2.20. The van der Waals surface area contributed by atoms with Gasteiger partial charge in [0, 0.05) is 36.8 Å². The number of carbonyl (C=O) groups is 1. The second-order valence-electron chi connectivity index (χ2n) is 6.62. The van der Waals surface area contributed by atoms with Crippen LogP contribution >= 0.6 is 11.6 Å². The van der Waals surface area contributed by atoms with Crippen molar-refractivity contribution in [2.45, 2.75) is 19.9 Å². The van der Waals surface area contributed by atoms with Crippen molar-refractivity contribution in [1.29, 1.82) is 0 Å². The minimum Gasteiger partial charge on any atom is -0.497 e. The molecule has 0 spiro atoms. The van der Waals surface area contributed by atoms with Gasteiger partial charge >= 0.3 is 0 Å². The van der Waals surface area contributed by atoms with Crippen LogP contribution in [0.2, 0.25) is 5.15 Å². The third kappa shape index (κ3) is 3.55. The summed E-state index contributed by atoms with van der Waals surface area (Å²) in [6.45, 7) is 2.95. The Labute approximate surface area is 168 Å². The van der Waals surface area contributed by atoms with E-state index in [1.54, 1.807) is 24.1 Å². The van der Waals surface area contributed by atoms with Crippen LogP contribution in [-0.4, -0.2) is 39.4 Å². The summed E-state index contributed by atoms with van der Waals surface area (Å²) in [5.41, 5.74) is 4.34. The van der Waals surface area contributed by atoms with Crippen LogP contribution in [0.25, 0.3) is 11.3 Å². The number of halogens is 1. The van der Waals surface area contributed by atoms with Crippen LogP contribution in [0.4, 0.5) is 0 Å². The Bertz CT molecular complexity index is 1020. The molecule has 1 aliphatic heterocycles. The van der Waals surface area contributed by atoms with E-state index in [4.69, 9.17) is 16.3 Å². The molecule has 0 N–H and O–H groups in total. The summed E-state index contributed by atoms with van der Waals surface area (Å²) >= 11 is 5.83. The number of rotatable bonds is 3. The molecule has 0 atom stereocenters. The number of hydrogen-bond acceptors (Lipinski definition) is 5. The van der Waals surface area contributed by atoms with Crippen LogP contribution in [0.3, 0.4) is 0 Å². The number of amides is 1. The number of nitrogens with zero attached hydrogens (tertiary/aromatic N) is 4. The van der Waals surface area contributed by atoms with Gasteiger partial charge in [-0.05, 0) is 43.3 Å². The molecule has 4 rings (SSSR count). The monoisotopic (exact) mass is 394 g/mol. The predicted molar refractivity (Wildman–Crippen MR) is 106 cm³/mol. The molecule has 0 aliphatic carbocycles. The third-order valence-electron chi connectivity index (χ3n) is 4.80. The molecule has 2 aromatic heterocycles. The Morgan fingerprint density at radius 2 is 1.93 bits per heavy atom. The van der Waals surface area contributed by atoms with Crippen LogP contribution in [0, 0.1) is 6.92 Å². The SMILES string of the molecule is COc1ccc(-c2nc(C)nc3c2CN(C(=O)c2ccc(Cl)nc2)CC3)cc1. The lowest BCUT2D eigenvalue weighted by Crippen LogP contribution is -2.37. The molecule has 0 saturated heterocycles. The summed E-state index contributed by atoms with van der Waals surface area (Å²) in [7, 11) is 1.64. The second kappa shape index (κ2) is 7.56. The molecule has 0 saturated carbocycles. The van der Waals surface area contributed by atoms with Gasteiger partial charge in [-0.3, -0.25) is 4.79 Å². The largest absolute Gasteiger partial charge is 0.497 e. The highest BCUT2D eigenvalue weighted by molar-refractivity contribution is 6.29. The van der Waals surface area contributed by atoms with Crippen LogP contribution in [0.15, 0.2) is 42.6 Å². The average Bonchev–Trinajstić information content (AvgIpc) is 2.73. The van der Waals surface area contributed by atoms with E-state index in [-0.39, 0.29) is 5.91 Å². The third-order valence-corrected chi connectivity index (χ3v) is 5.02. The minimum absolute atomic E-state index is 0.0731. The minimum atomic E-state index is -0.0731. The van der Waals surface area contributed by atoms with Crippen molar-refractivity contribution in [3.63, 3.8) is 0 Å². The van der Waals surface area contributed by atoms with Gasteiger partial charge < -0.3 is 9.64 Å². The number of fused-ring (bicyclic) bond motifs is 1. The molecule has 0 fully saturated rings. The zero-order valence-electron chi connectivity index (χ0n) is 15.6. The van der Waals surface area contributed by atoms with Gasteiger partial charge in [0.15, 0.2) is 0 Å². The molecule has 3 aromatic rings. The van der Waals surface area contributed by atoms with E-state index >= 15 is 0 Å². The summed E-state index contributed by atoms with van der Waals surface area (Å²) in [5, 5.41) is 0.367. The van der Waals surface area contributed by atoms with Gasteiger partial charge in [-0.1, -0.05) is 11.6 Å².